The third-order valence-electron chi connectivity index (χ3n) is 4.45. The smallest absolute Gasteiger partial charge is 0.261 e. The second-order valence-corrected chi connectivity index (χ2v) is 7.91. The van der Waals surface area contributed by atoms with Crippen LogP contribution in [0.25, 0.3) is 5.69 Å². The van der Waals surface area contributed by atoms with Crippen molar-refractivity contribution in [1.82, 2.24) is 20.4 Å². The number of aryl methyl sites for hydroxylation is 1. The quantitative estimate of drug-likeness (QED) is 0.464. The molecule has 4 N–H and O–H groups in total. The highest BCUT2D eigenvalue weighted by molar-refractivity contribution is 7.14. The second-order valence-electron chi connectivity index (χ2n) is 6.74. The molecule has 0 spiro atoms. The molecule has 0 radical (unpaired) electrons. The van der Waals surface area contributed by atoms with Gasteiger partial charge in [-0.3, -0.25) is 9.59 Å². The number of aromatic nitrogens is 2. The fourth-order valence-electron chi connectivity index (χ4n) is 2.91. The fraction of sp³-hybridized carbons (Fsp3) is 0.238. The molecule has 0 saturated heterocycles. The van der Waals surface area contributed by atoms with Gasteiger partial charge in [0.05, 0.1) is 22.8 Å². The van der Waals surface area contributed by atoms with Crippen LogP contribution in [0, 0.1) is 17.1 Å². The van der Waals surface area contributed by atoms with Crippen molar-refractivity contribution in [2.45, 2.75) is 26.3 Å². The minimum Gasteiger partial charge on any atom is -0.382 e. The van der Waals surface area contributed by atoms with Gasteiger partial charge in [-0.15, -0.1) is 11.3 Å². The van der Waals surface area contributed by atoms with Crippen molar-refractivity contribution in [2.24, 2.45) is 0 Å². The number of hydrogen-bond donors (Lipinski definition) is 3. The number of thiophene rings is 1. The number of nitrogens with zero attached hydrogens (tertiary/aromatic N) is 3. The summed E-state index contributed by atoms with van der Waals surface area (Å²) in [4.78, 5) is 24.7. The maximum atomic E-state index is 13.2. The van der Waals surface area contributed by atoms with Gasteiger partial charge in [-0.25, -0.2) is 9.07 Å². The van der Waals surface area contributed by atoms with E-state index in [-0.39, 0.29) is 29.0 Å². The summed E-state index contributed by atoms with van der Waals surface area (Å²) in [6.45, 7) is 2.23. The lowest BCUT2D eigenvalue weighted by Gasteiger charge is -2.03. The number of nitrogens with one attached hydrogen (secondary N) is 2. The maximum Gasteiger partial charge on any atom is 0.261 e. The van der Waals surface area contributed by atoms with Gasteiger partial charge < -0.3 is 16.4 Å². The Morgan fingerprint density at radius 2 is 1.97 bits per heavy atom. The number of nitrogens with two attached hydrogens (primary N) is 1. The molecule has 0 aliphatic carbocycles. The molecule has 1 aromatic carbocycles. The summed E-state index contributed by atoms with van der Waals surface area (Å²) in [5.41, 5.74) is 7.40. The van der Waals surface area contributed by atoms with Crippen molar-refractivity contribution in [1.29, 1.82) is 5.26 Å². The van der Waals surface area contributed by atoms with Crippen LogP contribution >= 0.6 is 11.3 Å². The number of carbonyl (C=O) groups excluding carboxylic acids is 2. The molecular formula is C21H21FN6O2S. The molecule has 31 heavy (non-hydrogen) atoms. The van der Waals surface area contributed by atoms with E-state index in [1.165, 1.54) is 47.2 Å². The van der Waals surface area contributed by atoms with Gasteiger partial charge in [0, 0.05) is 18.3 Å². The van der Waals surface area contributed by atoms with Gasteiger partial charge in [0.15, 0.2) is 0 Å². The lowest BCUT2D eigenvalue weighted by atomic mass is 10.1. The zero-order valence-corrected chi connectivity index (χ0v) is 17.6. The monoisotopic (exact) mass is 440 g/mol. The van der Waals surface area contributed by atoms with Crippen LogP contribution in [0.4, 0.5) is 10.2 Å². The summed E-state index contributed by atoms with van der Waals surface area (Å²) in [7, 11) is 0. The SMILES string of the molecule is CC(=O)NCc1ccc(C(=O)NCCCc2nn(-c3ccc(F)cc3)c(N)c2C#N)s1. The number of benzene rings is 1. The summed E-state index contributed by atoms with van der Waals surface area (Å²) in [5, 5.41) is 19.4. The molecule has 0 bridgehead atoms. The Balaban J connectivity index is 1.56. The molecule has 2 amide bonds. The van der Waals surface area contributed by atoms with Gasteiger partial charge in [-0.2, -0.15) is 10.4 Å². The van der Waals surface area contributed by atoms with E-state index in [4.69, 9.17) is 5.73 Å². The number of rotatable bonds is 8. The van der Waals surface area contributed by atoms with Crippen molar-refractivity contribution in [3.05, 3.63) is 63.2 Å². The topological polar surface area (TPSA) is 126 Å². The van der Waals surface area contributed by atoms with Crippen LogP contribution in [0.2, 0.25) is 0 Å². The van der Waals surface area contributed by atoms with E-state index in [2.05, 4.69) is 21.8 Å². The minimum atomic E-state index is -0.376. The number of nitriles is 1. The number of halogens is 1. The van der Waals surface area contributed by atoms with Gasteiger partial charge in [0.25, 0.3) is 5.91 Å². The van der Waals surface area contributed by atoms with Gasteiger partial charge in [0.1, 0.15) is 23.3 Å². The summed E-state index contributed by atoms with van der Waals surface area (Å²) in [6, 6.07) is 11.2. The highest BCUT2D eigenvalue weighted by Gasteiger charge is 2.16. The lowest BCUT2D eigenvalue weighted by Crippen LogP contribution is -2.24. The summed E-state index contributed by atoms with van der Waals surface area (Å²) in [5.74, 6) is -0.507. The first-order chi connectivity index (χ1) is 14.9. The minimum absolute atomic E-state index is 0.126. The van der Waals surface area contributed by atoms with Crippen molar-refractivity contribution >= 4 is 29.0 Å². The van der Waals surface area contributed by atoms with Crippen molar-refractivity contribution in [2.75, 3.05) is 12.3 Å². The Bertz CT molecular complexity index is 1130. The largest absolute Gasteiger partial charge is 0.382 e. The molecule has 0 unspecified atom stereocenters. The highest BCUT2D eigenvalue weighted by atomic mass is 32.1. The molecule has 160 valence electrons. The number of carbonyl (C=O) groups is 2. The Kier molecular flexibility index (Phi) is 6.99. The number of hydrogen-bond acceptors (Lipinski definition) is 6. The maximum absolute atomic E-state index is 13.2. The van der Waals surface area contributed by atoms with Gasteiger partial charge >= 0.3 is 0 Å². The van der Waals surface area contributed by atoms with E-state index in [0.29, 0.717) is 42.2 Å². The van der Waals surface area contributed by atoms with E-state index >= 15 is 0 Å². The Morgan fingerprint density at radius 3 is 2.65 bits per heavy atom. The first kappa shape index (κ1) is 22.0. The van der Waals surface area contributed by atoms with Crippen LogP contribution in [0.1, 0.15) is 39.2 Å². The molecule has 3 aromatic rings. The second kappa shape index (κ2) is 9.86. The average Bonchev–Trinajstić information content (AvgIpc) is 3.34. The fourth-order valence-corrected chi connectivity index (χ4v) is 3.77. The van der Waals surface area contributed by atoms with Crippen molar-refractivity contribution in [3.63, 3.8) is 0 Å². The summed E-state index contributed by atoms with van der Waals surface area (Å²) >= 11 is 1.32. The highest BCUT2D eigenvalue weighted by Crippen LogP contribution is 2.22. The predicted molar refractivity (Wildman–Crippen MR) is 115 cm³/mol. The van der Waals surface area contributed by atoms with Crippen LogP contribution in [0.3, 0.4) is 0 Å². The predicted octanol–water partition coefficient (Wildman–Crippen LogP) is 2.53. The molecular weight excluding hydrogens is 419 g/mol. The third kappa shape index (κ3) is 5.46. The summed E-state index contributed by atoms with van der Waals surface area (Å²) < 4.78 is 14.6. The third-order valence-corrected chi connectivity index (χ3v) is 5.53. The van der Waals surface area contributed by atoms with Crippen LogP contribution in [0.5, 0.6) is 0 Å². The first-order valence-electron chi connectivity index (χ1n) is 9.53. The zero-order chi connectivity index (χ0) is 22.4. The van der Waals surface area contributed by atoms with Gasteiger partial charge in [-0.1, -0.05) is 0 Å². The van der Waals surface area contributed by atoms with E-state index in [1.807, 2.05) is 0 Å². The van der Waals surface area contributed by atoms with Crippen LogP contribution in [-0.2, 0) is 17.8 Å². The number of amides is 2. The van der Waals surface area contributed by atoms with E-state index in [9.17, 15) is 19.2 Å². The van der Waals surface area contributed by atoms with Crippen molar-refractivity contribution < 1.29 is 14.0 Å². The van der Waals surface area contributed by atoms with E-state index < -0.39 is 0 Å². The molecule has 2 heterocycles. The number of nitrogen functional groups attached to an aromatic ring is 1. The zero-order valence-electron chi connectivity index (χ0n) is 16.8. The molecule has 8 nitrogen and oxygen atoms in total. The normalized spacial score (nSPS) is 10.5. The molecule has 0 aliphatic rings. The lowest BCUT2D eigenvalue weighted by molar-refractivity contribution is -0.119. The van der Waals surface area contributed by atoms with E-state index in [1.54, 1.807) is 12.1 Å². The van der Waals surface area contributed by atoms with Crippen LogP contribution in [-0.4, -0.2) is 28.1 Å². The Hall–Kier alpha value is -3.71. The number of anilines is 1. The average molecular weight is 441 g/mol. The molecule has 0 saturated carbocycles. The Morgan fingerprint density at radius 1 is 1.23 bits per heavy atom. The molecule has 3 rings (SSSR count). The van der Waals surface area contributed by atoms with Crippen LogP contribution in [0.15, 0.2) is 36.4 Å². The summed E-state index contributed by atoms with van der Waals surface area (Å²) in [6.07, 6.45) is 1.00. The molecule has 0 fully saturated rings. The van der Waals surface area contributed by atoms with Gasteiger partial charge in [-0.05, 0) is 49.2 Å². The molecule has 2 aromatic heterocycles. The van der Waals surface area contributed by atoms with E-state index in [0.717, 1.165) is 4.88 Å². The van der Waals surface area contributed by atoms with Crippen molar-refractivity contribution in [3.8, 4) is 11.8 Å². The standard InChI is InChI=1S/C21H21FN6O2S/c1-13(29)26-12-16-8-9-19(31-16)21(30)25-10-2-3-18-17(11-23)20(24)28(27-18)15-6-4-14(22)5-7-15/h4-9H,2-3,10,12,24H2,1H3,(H,25,30)(H,26,29). The Labute approximate surface area is 182 Å². The molecule has 0 atom stereocenters. The first-order valence-corrected chi connectivity index (χ1v) is 10.4. The molecule has 10 heteroatoms. The van der Waals surface area contributed by atoms with Gasteiger partial charge in [0.2, 0.25) is 5.91 Å². The molecule has 0 aliphatic heterocycles. The van der Waals surface area contributed by atoms with Crippen LogP contribution < -0.4 is 16.4 Å².